The minimum absolute atomic E-state index is 0.0320. The second kappa shape index (κ2) is 12.6. The highest BCUT2D eigenvalue weighted by molar-refractivity contribution is 5.93. The van der Waals surface area contributed by atoms with Crippen LogP contribution in [0.5, 0.6) is 0 Å². The molecule has 28 heavy (non-hydrogen) atoms. The second-order valence-corrected chi connectivity index (χ2v) is 6.53. The number of amides is 3. The normalized spacial score (nSPS) is 13.9. The van der Waals surface area contributed by atoms with E-state index >= 15 is 0 Å². The van der Waals surface area contributed by atoms with E-state index in [0.29, 0.717) is 0 Å². The molecule has 0 saturated heterocycles. The van der Waals surface area contributed by atoms with Crippen LogP contribution in [0.1, 0.15) is 33.1 Å². The van der Waals surface area contributed by atoms with Crippen molar-refractivity contribution in [1.29, 1.82) is 0 Å². The van der Waals surface area contributed by atoms with Gasteiger partial charge in [-0.3, -0.25) is 19.2 Å². The molecule has 0 bridgehead atoms. The van der Waals surface area contributed by atoms with Gasteiger partial charge in [0.05, 0.1) is 13.2 Å². The summed E-state index contributed by atoms with van der Waals surface area (Å²) in [4.78, 5) is 57.9. The molecule has 0 aromatic rings. The van der Waals surface area contributed by atoms with Gasteiger partial charge < -0.3 is 37.0 Å². The molecule has 0 spiro atoms. The molecule has 12 heteroatoms. The standard InChI is InChI=1S/C16H28N4O8/c1-8(2)5-10(16(27)28)19-15(26)11(7-21)20-14(25)9(3-4-13(23)24)18-12(22)6-17/h8-11,21H,3-7,17H2,1-2H3,(H,18,22)(H,19,26)(H,20,25)(H,23,24)(H,27,28)/t9-,10-,11-/m0/s1. The molecule has 0 aromatic carbocycles. The van der Waals surface area contributed by atoms with E-state index in [9.17, 15) is 29.1 Å². The molecule has 0 heterocycles. The predicted octanol–water partition coefficient (Wildman–Crippen LogP) is -2.61. The Labute approximate surface area is 161 Å². The lowest BCUT2D eigenvalue weighted by Crippen LogP contribution is -2.57. The summed E-state index contributed by atoms with van der Waals surface area (Å²) < 4.78 is 0. The third kappa shape index (κ3) is 9.83. The number of nitrogens with two attached hydrogens (primary N) is 1. The molecule has 0 rings (SSSR count). The summed E-state index contributed by atoms with van der Waals surface area (Å²) in [5.74, 6) is -5.04. The number of carboxylic acids is 2. The van der Waals surface area contributed by atoms with Crippen LogP contribution in [0.2, 0.25) is 0 Å². The Morgan fingerprint density at radius 1 is 0.893 bits per heavy atom. The van der Waals surface area contributed by atoms with Gasteiger partial charge in [0, 0.05) is 6.42 Å². The average molecular weight is 404 g/mol. The van der Waals surface area contributed by atoms with Gasteiger partial charge in [-0.2, -0.15) is 0 Å². The molecule has 0 unspecified atom stereocenters. The number of nitrogens with one attached hydrogen (secondary N) is 3. The van der Waals surface area contributed by atoms with Crippen LogP contribution in [0.4, 0.5) is 0 Å². The molecule has 0 aliphatic rings. The molecular formula is C16H28N4O8. The molecule has 0 saturated carbocycles. The van der Waals surface area contributed by atoms with Gasteiger partial charge in [-0.25, -0.2) is 4.79 Å². The van der Waals surface area contributed by atoms with Gasteiger partial charge in [0.25, 0.3) is 0 Å². The van der Waals surface area contributed by atoms with Crippen molar-refractivity contribution in [3.05, 3.63) is 0 Å². The fourth-order valence-corrected chi connectivity index (χ4v) is 2.22. The predicted molar refractivity (Wildman–Crippen MR) is 95.9 cm³/mol. The maximum Gasteiger partial charge on any atom is 0.326 e. The molecule has 0 aliphatic carbocycles. The summed E-state index contributed by atoms with van der Waals surface area (Å²) in [5, 5.41) is 33.9. The van der Waals surface area contributed by atoms with Crippen LogP contribution in [-0.2, 0) is 24.0 Å². The highest BCUT2D eigenvalue weighted by Crippen LogP contribution is 2.06. The number of hydrogen-bond donors (Lipinski definition) is 7. The first-order chi connectivity index (χ1) is 13.0. The van der Waals surface area contributed by atoms with Crippen molar-refractivity contribution < 1.29 is 39.3 Å². The van der Waals surface area contributed by atoms with Crippen molar-refractivity contribution in [3.63, 3.8) is 0 Å². The summed E-state index contributed by atoms with van der Waals surface area (Å²) in [5.41, 5.74) is 5.16. The molecule has 12 nitrogen and oxygen atoms in total. The quantitative estimate of drug-likeness (QED) is 0.171. The van der Waals surface area contributed by atoms with Crippen LogP contribution in [-0.4, -0.2) is 76.3 Å². The minimum atomic E-state index is -1.48. The Hall–Kier alpha value is -2.73. The Balaban J connectivity index is 5.10. The van der Waals surface area contributed by atoms with Crippen molar-refractivity contribution in [2.75, 3.05) is 13.2 Å². The van der Waals surface area contributed by atoms with Crippen molar-refractivity contribution in [2.24, 2.45) is 11.7 Å². The number of carbonyl (C=O) groups excluding carboxylic acids is 3. The number of rotatable bonds is 13. The molecule has 0 aliphatic heterocycles. The number of aliphatic carboxylic acids is 2. The van der Waals surface area contributed by atoms with Gasteiger partial charge in [-0.1, -0.05) is 13.8 Å². The van der Waals surface area contributed by atoms with Gasteiger partial charge in [0.2, 0.25) is 17.7 Å². The first kappa shape index (κ1) is 25.3. The SMILES string of the molecule is CC(C)C[C@H](NC(=O)[C@H](CO)NC(=O)[C@H](CCC(=O)O)NC(=O)CN)C(=O)O. The van der Waals surface area contributed by atoms with Gasteiger partial charge in [0.1, 0.15) is 18.1 Å². The summed E-state index contributed by atoms with van der Waals surface area (Å²) in [6.07, 6.45) is -0.562. The zero-order valence-electron chi connectivity index (χ0n) is 15.8. The van der Waals surface area contributed by atoms with Gasteiger partial charge in [-0.05, 0) is 18.8 Å². The van der Waals surface area contributed by atoms with Crippen molar-refractivity contribution >= 4 is 29.7 Å². The molecule has 160 valence electrons. The molecule has 8 N–H and O–H groups in total. The maximum atomic E-state index is 12.3. The van der Waals surface area contributed by atoms with Crippen LogP contribution in [0.3, 0.4) is 0 Å². The Bertz CT molecular complexity index is 581. The van der Waals surface area contributed by atoms with Gasteiger partial charge in [0.15, 0.2) is 0 Å². The number of aliphatic hydroxyl groups excluding tert-OH is 1. The smallest absolute Gasteiger partial charge is 0.326 e. The largest absolute Gasteiger partial charge is 0.481 e. The lowest BCUT2D eigenvalue weighted by Gasteiger charge is -2.23. The van der Waals surface area contributed by atoms with E-state index in [0.717, 1.165) is 0 Å². The molecular weight excluding hydrogens is 376 g/mol. The maximum absolute atomic E-state index is 12.3. The highest BCUT2D eigenvalue weighted by Gasteiger charge is 2.29. The summed E-state index contributed by atoms with van der Waals surface area (Å²) in [7, 11) is 0. The Morgan fingerprint density at radius 3 is 1.86 bits per heavy atom. The van der Waals surface area contributed by atoms with Crippen molar-refractivity contribution in [2.45, 2.75) is 51.2 Å². The molecule has 0 fully saturated rings. The van der Waals surface area contributed by atoms with E-state index in [1.54, 1.807) is 13.8 Å². The summed E-state index contributed by atoms with van der Waals surface area (Å²) in [6.45, 7) is 2.26. The zero-order chi connectivity index (χ0) is 21.9. The average Bonchev–Trinajstić information content (AvgIpc) is 2.61. The Kier molecular flexibility index (Phi) is 11.4. The Morgan fingerprint density at radius 2 is 1.43 bits per heavy atom. The second-order valence-electron chi connectivity index (χ2n) is 6.53. The lowest BCUT2D eigenvalue weighted by molar-refractivity contribution is -0.143. The first-order valence-corrected chi connectivity index (χ1v) is 8.67. The van der Waals surface area contributed by atoms with Crippen molar-refractivity contribution in [3.8, 4) is 0 Å². The monoisotopic (exact) mass is 404 g/mol. The van der Waals surface area contributed by atoms with Crippen molar-refractivity contribution in [1.82, 2.24) is 16.0 Å². The first-order valence-electron chi connectivity index (χ1n) is 8.67. The van der Waals surface area contributed by atoms with Crippen LogP contribution >= 0.6 is 0 Å². The van der Waals surface area contributed by atoms with Crippen LogP contribution in [0.25, 0.3) is 0 Å². The van der Waals surface area contributed by atoms with Crippen LogP contribution < -0.4 is 21.7 Å². The van der Waals surface area contributed by atoms with E-state index < -0.39 is 67.4 Å². The topological polar surface area (TPSA) is 208 Å². The van der Waals surface area contributed by atoms with Gasteiger partial charge >= 0.3 is 11.9 Å². The number of carboxylic acid groups (broad SMARTS) is 2. The lowest BCUT2D eigenvalue weighted by atomic mass is 10.0. The van der Waals surface area contributed by atoms with Crippen LogP contribution in [0.15, 0.2) is 0 Å². The van der Waals surface area contributed by atoms with E-state index in [2.05, 4.69) is 16.0 Å². The number of carbonyl (C=O) groups is 5. The van der Waals surface area contributed by atoms with E-state index in [1.165, 1.54) is 0 Å². The number of aliphatic hydroxyl groups is 1. The molecule has 3 amide bonds. The van der Waals surface area contributed by atoms with Gasteiger partial charge in [-0.15, -0.1) is 0 Å². The fourth-order valence-electron chi connectivity index (χ4n) is 2.22. The third-order valence-electron chi connectivity index (χ3n) is 3.62. The summed E-state index contributed by atoms with van der Waals surface area (Å²) >= 11 is 0. The van der Waals surface area contributed by atoms with E-state index in [4.69, 9.17) is 15.9 Å². The fraction of sp³-hybridized carbons (Fsp3) is 0.688. The summed E-state index contributed by atoms with van der Waals surface area (Å²) in [6, 6.07) is -3.98. The third-order valence-corrected chi connectivity index (χ3v) is 3.62. The van der Waals surface area contributed by atoms with E-state index in [1.807, 2.05) is 0 Å². The minimum Gasteiger partial charge on any atom is -0.481 e. The highest BCUT2D eigenvalue weighted by atomic mass is 16.4. The zero-order valence-corrected chi connectivity index (χ0v) is 15.8. The van der Waals surface area contributed by atoms with Crippen LogP contribution in [0, 0.1) is 5.92 Å². The molecule has 0 aromatic heterocycles. The van der Waals surface area contributed by atoms with E-state index in [-0.39, 0.29) is 18.8 Å². The molecule has 3 atom stereocenters. The number of hydrogen-bond acceptors (Lipinski definition) is 7. The molecule has 0 radical (unpaired) electrons.